The van der Waals surface area contributed by atoms with Crippen molar-refractivity contribution in [1.82, 2.24) is 0 Å². The second kappa shape index (κ2) is 13.5. The zero-order chi connectivity index (χ0) is 38.6. The zero-order valence-electron chi connectivity index (χ0n) is 31.8. The number of hydrogen-bond donors (Lipinski definition) is 2. The Hall–Kier alpha value is -1.57. The first-order valence-electron chi connectivity index (χ1n) is 19.2. The molecule has 6 aliphatic rings. The number of carbonyl (C=O) groups is 1. The Morgan fingerprint density at radius 3 is 2.17 bits per heavy atom. The van der Waals surface area contributed by atoms with Gasteiger partial charge >= 0.3 is 20.0 Å². The maximum atomic E-state index is 14.8. The van der Waals surface area contributed by atoms with E-state index in [1.165, 1.54) is 25.3 Å². The van der Waals surface area contributed by atoms with Crippen LogP contribution in [0.3, 0.4) is 0 Å². The van der Waals surface area contributed by atoms with E-state index in [0.29, 0.717) is 12.3 Å². The van der Waals surface area contributed by atoms with E-state index in [-0.39, 0.29) is 59.6 Å². The van der Waals surface area contributed by atoms with Crippen molar-refractivity contribution in [3.05, 3.63) is 35.9 Å². The van der Waals surface area contributed by atoms with Crippen LogP contribution in [0.25, 0.3) is 0 Å². The number of phosphoric ester groups is 1. The Kier molecular flexibility index (Phi) is 10.1. The minimum Gasteiger partial charge on any atom is -0.457 e. The van der Waals surface area contributed by atoms with Gasteiger partial charge in [-0.1, -0.05) is 71.9 Å². The summed E-state index contributed by atoms with van der Waals surface area (Å²) in [5.74, 6) is -2.37. The molecule has 1 unspecified atom stereocenters. The average Bonchev–Trinajstić information content (AvgIpc) is 3.24. The first-order chi connectivity index (χ1) is 24.8. The number of methoxy groups -OCH3 is 1. The molecule has 2 N–H and O–H groups in total. The van der Waals surface area contributed by atoms with Crippen molar-refractivity contribution in [2.75, 3.05) is 14.2 Å². The van der Waals surface area contributed by atoms with E-state index in [9.17, 15) is 32.7 Å². The highest BCUT2D eigenvalue weighted by molar-refractivity contribution is 7.48. The first kappa shape index (κ1) is 39.7. The third kappa shape index (κ3) is 5.75. The molecule has 7 rings (SSSR count). The molecule has 4 saturated carbocycles. The summed E-state index contributed by atoms with van der Waals surface area (Å²) < 4.78 is 94.4. The molecule has 53 heavy (non-hydrogen) atoms. The van der Waals surface area contributed by atoms with Crippen molar-refractivity contribution in [3.63, 3.8) is 0 Å². The van der Waals surface area contributed by atoms with Crippen molar-refractivity contribution in [2.24, 2.45) is 58.2 Å². The number of aliphatic hydroxyl groups is 2. The Morgan fingerprint density at radius 1 is 0.925 bits per heavy atom. The number of phosphoric acid groups is 1. The second-order valence-corrected chi connectivity index (χ2v) is 19.4. The fourth-order valence-corrected chi connectivity index (χ4v) is 13.8. The molecule has 0 spiro atoms. The molecule has 6 fully saturated rings. The number of halogens is 3. The predicted molar refractivity (Wildman–Crippen MR) is 186 cm³/mol. The quantitative estimate of drug-likeness (QED) is 0.220. The third-order valence-corrected chi connectivity index (χ3v) is 16.6. The summed E-state index contributed by atoms with van der Waals surface area (Å²) in [7, 11) is -2.25. The number of esters is 1. The molecule has 14 heteroatoms. The Bertz CT molecular complexity index is 1580. The molecule has 0 bridgehead atoms. The topological polar surface area (TPSA) is 130 Å². The molecule has 298 valence electrons. The van der Waals surface area contributed by atoms with Crippen LogP contribution in [0.1, 0.15) is 79.2 Å². The number of hydrogen-bond acceptors (Lipinski definition) is 10. The van der Waals surface area contributed by atoms with E-state index in [2.05, 4.69) is 34.6 Å². The SMILES string of the molecule is CO[C@](C(=O)O[C@H]1CC[C@@]2(C)[C@@H]([C@H](O)[C@@H]3OP(=O)(OC)O[C@@H]4[C@H]5O[C@@H]([C@@H](C)C(C)C)C[C@@H](C)[C@@H]5[C@@]5(C)CC[C@H]2[C@@H]3[C@H]45)[C@H]1O)(c1ccccc1)C(F)(F)F. The lowest BCUT2D eigenvalue weighted by molar-refractivity contribution is -0.286. The highest BCUT2D eigenvalue weighted by atomic mass is 31.2. The molecule has 4 aliphatic carbocycles. The van der Waals surface area contributed by atoms with Gasteiger partial charge in [0.05, 0.1) is 36.6 Å². The van der Waals surface area contributed by atoms with Gasteiger partial charge in [-0.15, -0.1) is 0 Å². The van der Waals surface area contributed by atoms with Gasteiger partial charge < -0.3 is 24.4 Å². The maximum Gasteiger partial charge on any atom is 0.475 e. The molecule has 1 aromatic rings. The van der Waals surface area contributed by atoms with Gasteiger partial charge in [-0.2, -0.15) is 13.2 Å². The Labute approximate surface area is 310 Å². The van der Waals surface area contributed by atoms with E-state index in [4.69, 9.17) is 27.8 Å². The number of alkyl halides is 3. The zero-order valence-corrected chi connectivity index (χ0v) is 32.7. The van der Waals surface area contributed by atoms with Gasteiger partial charge in [0.25, 0.3) is 5.60 Å². The summed E-state index contributed by atoms with van der Waals surface area (Å²) in [6.07, 6.45) is -8.89. The lowest BCUT2D eigenvalue weighted by atomic mass is 9.42. The van der Waals surface area contributed by atoms with E-state index >= 15 is 0 Å². The molecule has 2 heterocycles. The highest BCUT2D eigenvalue weighted by Gasteiger charge is 2.75. The van der Waals surface area contributed by atoms with Gasteiger partial charge in [0.1, 0.15) is 6.10 Å². The Morgan fingerprint density at radius 2 is 1.57 bits per heavy atom. The van der Waals surface area contributed by atoms with Crippen LogP contribution in [0.5, 0.6) is 0 Å². The van der Waals surface area contributed by atoms with Crippen LogP contribution in [-0.4, -0.2) is 79.3 Å². The van der Waals surface area contributed by atoms with Crippen molar-refractivity contribution >= 4 is 13.8 Å². The van der Waals surface area contributed by atoms with Crippen molar-refractivity contribution in [2.45, 2.75) is 128 Å². The number of ether oxygens (including phenoxy) is 3. The summed E-state index contributed by atoms with van der Waals surface area (Å²) in [6, 6.07) is 6.52. The monoisotopic (exact) mass is 772 g/mol. The smallest absolute Gasteiger partial charge is 0.457 e. The summed E-state index contributed by atoms with van der Waals surface area (Å²) >= 11 is 0. The van der Waals surface area contributed by atoms with Gasteiger partial charge in [0.15, 0.2) is 0 Å². The average molecular weight is 773 g/mol. The molecule has 2 saturated heterocycles. The van der Waals surface area contributed by atoms with Crippen LogP contribution in [-0.2, 0) is 42.7 Å². The maximum absolute atomic E-state index is 14.8. The van der Waals surface area contributed by atoms with E-state index < -0.39 is 73.0 Å². The lowest BCUT2D eigenvalue weighted by Gasteiger charge is -2.64. The van der Waals surface area contributed by atoms with E-state index in [0.717, 1.165) is 38.5 Å². The molecule has 10 nitrogen and oxygen atoms in total. The molecular weight excluding hydrogens is 716 g/mol. The van der Waals surface area contributed by atoms with Crippen LogP contribution in [0.4, 0.5) is 13.2 Å². The van der Waals surface area contributed by atoms with Crippen molar-refractivity contribution in [1.29, 1.82) is 0 Å². The fraction of sp³-hybridized carbons (Fsp3) is 0.821. The summed E-state index contributed by atoms with van der Waals surface area (Å²) in [4.78, 5) is 13.7. The van der Waals surface area contributed by atoms with Crippen LogP contribution in [0.15, 0.2) is 30.3 Å². The molecule has 1 aromatic carbocycles. The van der Waals surface area contributed by atoms with Gasteiger partial charge in [-0.3, -0.25) is 13.6 Å². The number of aliphatic hydroxyl groups excluding tert-OH is 2. The largest absolute Gasteiger partial charge is 0.475 e. The van der Waals surface area contributed by atoms with Crippen molar-refractivity contribution in [3.8, 4) is 0 Å². The van der Waals surface area contributed by atoms with Gasteiger partial charge in [0, 0.05) is 25.7 Å². The molecule has 0 radical (unpaired) electrons. The highest BCUT2D eigenvalue weighted by Crippen LogP contribution is 2.74. The summed E-state index contributed by atoms with van der Waals surface area (Å²) in [5, 5.41) is 24.4. The minimum absolute atomic E-state index is 0.0145. The molecular formula is C39H56F3O10P. The second-order valence-electron chi connectivity index (χ2n) is 17.7. The van der Waals surface area contributed by atoms with Gasteiger partial charge in [-0.05, 0) is 84.4 Å². The first-order valence-corrected chi connectivity index (χ1v) is 20.7. The summed E-state index contributed by atoms with van der Waals surface area (Å²) in [6.45, 7) is 13.1. The van der Waals surface area contributed by atoms with E-state index in [1.807, 2.05) is 6.92 Å². The predicted octanol–water partition coefficient (Wildman–Crippen LogP) is 7.06. The molecule has 18 atom stereocenters. The summed E-state index contributed by atoms with van der Waals surface area (Å²) in [5.41, 5.74) is -4.95. The Balaban J connectivity index is 1.24. The molecule has 0 amide bonds. The lowest BCUT2D eigenvalue weighted by Crippen LogP contribution is -2.68. The van der Waals surface area contributed by atoms with Crippen LogP contribution in [0, 0.1) is 58.2 Å². The fourth-order valence-electron chi connectivity index (χ4n) is 12.4. The molecule has 2 aliphatic heterocycles. The van der Waals surface area contributed by atoms with E-state index in [1.54, 1.807) is 0 Å². The van der Waals surface area contributed by atoms with Gasteiger partial charge in [-0.25, -0.2) is 9.36 Å². The minimum atomic E-state index is -5.20. The van der Waals surface area contributed by atoms with Crippen LogP contribution in [0.2, 0.25) is 0 Å². The normalized spacial score (nSPS) is 48.1. The number of rotatable bonds is 7. The third-order valence-electron chi connectivity index (χ3n) is 15.2. The number of benzene rings is 1. The number of carbonyl (C=O) groups excluding carboxylic acids is 1. The molecule has 0 aromatic heterocycles. The van der Waals surface area contributed by atoms with Gasteiger partial charge in [0.2, 0.25) is 0 Å². The van der Waals surface area contributed by atoms with Crippen molar-refractivity contribution < 1.29 is 60.5 Å². The van der Waals surface area contributed by atoms with Crippen LogP contribution < -0.4 is 0 Å². The van der Waals surface area contributed by atoms with Crippen LogP contribution >= 0.6 is 7.82 Å². The number of fused-ring (bicyclic) bond motifs is 5. The standard InChI is InChI=1S/C39H56F3O10P/c1-19(2)21(4)25-18-20(3)27-33(49-25)34-28-26-23(14-16-37(27,28)6)36(5)17-15-24(30(43)29(36)31(44)32(26)51-53(46,48-8)52-34)50-35(45)38(47-7,39(40,41)42)22-12-10-9-11-13-22/h9-13,19-21,23-34,43-44H,14-18H2,1-8H3/t20-,21+,23+,24+,25-,26-,27+,28-,29-,30+,31+,32-,33+,34+,36-,37-,38+,53?/m1/s1.